The second-order valence-corrected chi connectivity index (χ2v) is 8.89. The minimum atomic E-state index is -3.55. The molecule has 1 aliphatic carbocycles. The lowest BCUT2D eigenvalue weighted by Crippen LogP contribution is -2.40. The van der Waals surface area contributed by atoms with Crippen molar-refractivity contribution in [1.82, 2.24) is 14.9 Å². The van der Waals surface area contributed by atoms with E-state index in [0.717, 1.165) is 25.9 Å². The standard InChI is InChI=1S/C18H27N3O3S/c1-14(21-9-2-3-10-21)12-19-18(22)16-5-4-6-17(11-16)25(23,24)20-13-15-7-8-15/h4-6,11,14-15,20H,2-3,7-10,12-13H2,1H3,(H,19,22)/t14-/m1/s1. The molecule has 138 valence electrons. The maximum atomic E-state index is 12.4. The lowest BCUT2D eigenvalue weighted by atomic mass is 10.2. The van der Waals surface area contributed by atoms with Crippen molar-refractivity contribution in [3.05, 3.63) is 29.8 Å². The molecule has 2 N–H and O–H groups in total. The van der Waals surface area contributed by atoms with Gasteiger partial charge in [0.1, 0.15) is 0 Å². The number of carbonyl (C=O) groups excluding carboxylic acids is 1. The zero-order valence-corrected chi connectivity index (χ0v) is 15.5. The van der Waals surface area contributed by atoms with Gasteiger partial charge >= 0.3 is 0 Å². The molecular weight excluding hydrogens is 338 g/mol. The molecule has 2 aliphatic rings. The third-order valence-corrected chi connectivity index (χ3v) is 6.41. The van der Waals surface area contributed by atoms with Crippen molar-refractivity contribution >= 4 is 15.9 Å². The summed E-state index contributed by atoms with van der Waals surface area (Å²) in [6.45, 7) is 5.31. The van der Waals surface area contributed by atoms with E-state index in [1.165, 1.54) is 25.0 Å². The number of amides is 1. The summed E-state index contributed by atoms with van der Waals surface area (Å²) in [4.78, 5) is 14.9. The van der Waals surface area contributed by atoms with E-state index in [2.05, 4.69) is 21.9 Å². The summed E-state index contributed by atoms with van der Waals surface area (Å²) in [5.74, 6) is 0.235. The van der Waals surface area contributed by atoms with E-state index in [-0.39, 0.29) is 10.8 Å². The number of rotatable bonds is 8. The molecule has 25 heavy (non-hydrogen) atoms. The van der Waals surface area contributed by atoms with Gasteiger partial charge in [-0.3, -0.25) is 9.69 Å². The zero-order valence-electron chi connectivity index (χ0n) is 14.7. The molecule has 7 heteroatoms. The molecule has 0 aromatic heterocycles. The van der Waals surface area contributed by atoms with Crippen molar-refractivity contribution < 1.29 is 13.2 Å². The number of likely N-dealkylation sites (tertiary alicyclic amines) is 1. The Bertz CT molecular complexity index is 710. The summed E-state index contributed by atoms with van der Waals surface area (Å²) in [7, 11) is -3.55. The fraction of sp³-hybridized carbons (Fsp3) is 0.611. The Morgan fingerprint density at radius 1 is 1.28 bits per heavy atom. The number of nitrogens with one attached hydrogen (secondary N) is 2. The molecule has 1 amide bonds. The van der Waals surface area contributed by atoms with Crippen LogP contribution in [0.25, 0.3) is 0 Å². The number of hydrogen-bond donors (Lipinski definition) is 2. The van der Waals surface area contributed by atoms with Crippen LogP contribution in [-0.2, 0) is 10.0 Å². The minimum Gasteiger partial charge on any atom is -0.350 e. The van der Waals surface area contributed by atoms with Gasteiger partial charge in [0, 0.05) is 24.7 Å². The summed E-state index contributed by atoms with van der Waals surface area (Å²) in [6.07, 6.45) is 4.60. The molecule has 1 aromatic rings. The number of nitrogens with zero attached hydrogens (tertiary/aromatic N) is 1. The molecule has 1 aromatic carbocycles. The predicted octanol–water partition coefficient (Wildman–Crippen LogP) is 1.59. The molecule has 0 unspecified atom stereocenters. The second-order valence-electron chi connectivity index (χ2n) is 7.13. The minimum absolute atomic E-state index is 0.147. The van der Waals surface area contributed by atoms with Crippen LogP contribution >= 0.6 is 0 Å². The van der Waals surface area contributed by atoms with Crippen molar-refractivity contribution in [1.29, 1.82) is 0 Å². The van der Waals surface area contributed by atoms with Gasteiger partial charge in [-0.15, -0.1) is 0 Å². The number of carbonyl (C=O) groups is 1. The predicted molar refractivity (Wildman–Crippen MR) is 97.0 cm³/mol. The Balaban J connectivity index is 1.58. The maximum absolute atomic E-state index is 12.4. The first-order valence-corrected chi connectivity index (χ1v) is 10.6. The average Bonchev–Trinajstić information content (AvgIpc) is 3.29. The topological polar surface area (TPSA) is 78.5 Å². The van der Waals surface area contributed by atoms with Crippen molar-refractivity contribution in [2.75, 3.05) is 26.2 Å². The first kappa shape index (κ1) is 18.4. The second kappa shape index (κ2) is 7.85. The van der Waals surface area contributed by atoms with Gasteiger partial charge in [0.2, 0.25) is 10.0 Å². The highest BCUT2D eigenvalue weighted by Gasteiger charge is 2.25. The Hall–Kier alpha value is -1.44. The Morgan fingerprint density at radius 3 is 2.68 bits per heavy atom. The van der Waals surface area contributed by atoms with Gasteiger partial charge in [-0.25, -0.2) is 13.1 Å². The van der Waals surface area contributed by atoms with Gasteiger partial charge in [-0.2, -0.15) is 0 Å². The normalized spacial score (nSPS) is 19.7. The number of sulfonamides is 1. The van der Waals surface area contributed by atoms with Crippen LogP contribution in [-0.4, -0.2) is 51.4 Å². The smallest absolute Gasteiger partial charge is 0.251 e. The van der Waals surface area contributed by atoms with E-state index in [1.54, 1.807) is 12.1 Å². The van der Waals surface area contributed by atoms with Gasteiger partial charge in [0.15, 0.2) is 0 Å². The Kier molecular flexibility index (Phi) is 5.76. The van der Waals surface area contributed by atoms with E-state index in [9.17, 15) is 13.2 Å². The third-order valence-electron chi connectivity index (χ3n) is 4.99. The van der Waals surface area contributed by atoms with Gasteiger partial charge in [-0.05, 0) is 69.8 Å². The summed E-state index contributed by atoms with van der Waals surface area (Å²) < 4.78 is 27.3. The molecule has 2 fully saturated rings. The molecule has 1 atom stereocenters. The van der Waals surface area contributed by atoms with Crippen LogP contribution in [0.1, 0.15) is 43.0 Å². The van der Waals surface area contributed by atoms with Crippen LogP contribution in [0.3, 0.4) is 0 Å². The molecule has 0 radical (unpaired) electrons. The lowest BCUT2D eigenvalue weighted by molar-refractivity contribution is 0.0940. The molecule has 6 nitrogen and oxygen atoms in total. The molecule has 1 aliphatic heterocycles. The fourth-order valence-corrected chi connectivity index (χ4v) is 4.25. The zero-order chi connectivity index (χ0) is 17.9. The molecule has 0 spiro atoms. The van der Waals surface area contributed by atoms with Gasteiger partial charge in [0.25, 0.3) is 5.91 Å². The van der Waals surface area contributed by atoms with E-state index in [0.29, 0.717) is 30.6 Å². The quantitative estimate of drug-likeness (QED) is 0.733. The van der Waals surface area contributed by atoms with Crippen LogP contribution in [0.5, 0.6) is 0 Å². The van der Waals surface area contributed by atoms with Crippen LogP contribution in [0.2, 0.25) is 0 Å². The summed E-state index contributed by atoms with van der Waals surface area (Å²) in [5.41, 5.74) is 0.378. The molecule has 1 saturated heterocycles. The number of hydrogen-bond acceptors (Lipinski definition) is 4. The van der Waals surface area contributed by atoms with Gasteiger partial charge in [-0.1, -0.05) is 6.07 Å². The van der Waals surface area contributed by atoms with Crippen LogP contribution in [0.15, 0.2) is 29.2 Å². The number of benzene rings is 1. The van der Waals surface area contributed by atoms with E-state index >= 15 is 0 Å². The van der Waals surface area contributed by atoms with E-state index < -0.39 is 10.0 Å². The van der Waals surface area contributed by atoms with Crippen molar-refractivity contribution in [3.63, 3.8) is 0 Å². The molecule has 1 saturated carbocycles. The molecule has 0 bridgehead atoms. The highest BCUT2D eigenvalue weighted by atomic mass is 32.2. The molecular formula is C18H27N3O3S. The largest absolute Gasteiger partial charge is 0.350 e. The van der Waals surface area contributed by atoms with Crippen LogP contribution in [0.4, 0.5) is 0 Å². The lowest BCUT2D eigenvalue weighted by Gasteiger charge is -2.23. The average molecular weight is 365 g/mol. The fourth-order valence-electron chi connectivity index (χ4n) is 3.09. The van der Waals surface area contributed by atoms with Crippen molar-refractivity contribution in [2.24, 2.45) is 5.92 Å². The summed E-state index contributed by atoms with van der Waals surface area (Å²) >= 11 is 0. The molecule has 1 heterocycles. The SMILES string of the molecule is C[C@H](CNC(=O)c1cccc(S(=O)(=O)NCC2CC2)c1)N1CCCC1. The van der Waals surface area contributed by atoms with Crippen LogP contribution < -0.4 is 10.0 Å². The van der Waals surface area contributed by atoms with Crippen molar-refractivity contribution in [3.8, 4) is 0 Å². The molecule has 3 rings (SSSR count). The van der Waals surface area contributed by atoms with Crippen molar-refractivity contribution in [2.45, 2.75) is 43.5 Å². The third kappa shape index (κ3) is 5.03. The maximum Gasteiger partial charge on any atom is 0.251 e. The first-order valence-electron chi connectivity index (χ1n) is 9.08. The Morgan fingerprint density at radius 2 is 2.00 bits per heavy atom. The summed E-state index contributed by atoms with van der Waals surface area (Å²) in [5, 5.41) is 2.92. The monoisotopic (exact) mass is 365 g/mol. The highest BCUT2D eigenvalue weighted by Crippen LogP contribution is 2.28. The van der Waals surface area contributed by atoms with E-state index in [4.69, 9.17) is 0 Å². The highest BCUT2D eigenvalue weighted by molar-refractivity contribution is 7.89. The van der Waals surface area contributed by atoms with Crippen LogP contribution in [0, 0.1) is 5.92 Å². The summed E-state index contributed by atoms with van der Waals surface area (Å²) in [6, 6.07) is 6.53. The van der Waals surface area contributed by atoms with Gasteiger partial charge in [0.05, 0.1) is 4.90 Å². The first-order chi connectivity index (χ1) is 12.0. The van der Waals surface area contributed by atoms with E-state index in [1.807, 2.05) is 0 Å². The Labute approximate surface area is 150 Å². The van der Waals surface area contributed by atoms with Gasteiger partial charge < -0.3 is 5.32 Å².